The van der Waals surface area contributed by atoms with Gasteiger partial charge in [-0.05, 0) is 26.4 Å². The van der Waals surface area contributed by atoms with Crippen LogP contribution in [0.15, 0.2) is 0 Å². The van der Waals surface area contributed by atoms with Crippen molar-refractivity contribution in [2.75, 3.05) is 20.1 Å². The van der Waals surface area contributed by atoms with Gasteiger partial charge in [-0.1, -0.05) is 6.42 Å². The summed E-state index contributed by atoms with van der Waals surface area (Å²) in [6.07, 6.45) is 3.66. The molecule has 0 spiro atoms. The normalized spacial score (nSPS) is 24.4. The average molecular weight is 185 g/mol. The summed E-state index contributed by atoms with van der Waals surface area (Å²) in [7, 11) is 2.10. The van der Waals surface area contributed by atoms with Gasteiger partial charge >= 0.3 is 0 Å². The minimum Gasteiger partial charge on any atom is -0.302 e. The summed E-state index contributed by atoms with van der Waals surface area (Å²) in [6, 6.07) is 0.447. The fourth-order valence-corrected chi connectivity index (χ4v) is 1.73. The lowest BCUT2D eigenvalue weighted by molar-refractivity contribution is -0.130. The van der Waals surface area contributed by atoms with E-state index in [4.69, 9.17) is 5.84 Å². The molecule has 1 amide bonds. The number of carbonyl (C=O) groups is 1. The molecule has 0 aromatic rings. The van der Waals surface area contributed by atoms with Gasteiger partial charge in [-0.3, -0.25) is 9.80 Å². The standard InChI is InChI=1S/C9H19N3O/c1-8(13)12(10)7-9-5-3-4-6-11(9)2/h9H,3-7,10H2,1-2H3/t9-/m1/s1. The number of carbonyl (C=O) groups excluding carboxylic acids is 1. The molecule has 1 aliphatic heterocycles. The molecule has 0 unspecified atom stereocenters. The molecule has 1 rings (SSSR count). The van der Waals surface area contributed by atoms with E-state index >= 15 is 0 Å². The molecule has 1 atom stereocenters. The first-order valence-electron chi connectivity index (χ1n) is 4.84. The van der Waals surface area contributed by atoms with Gasteiger partial charge in [0.15, 0.2) is 0 Å². The highest BCUT2D eigenvalue weighted by Gasteiger charge is 2.21. The van der Waals surface area contributed by atoms with Crippen LogP contribution in [0.25, 0.3) is 0 Å². The Morgan fingerprint density at radius 3 is 2.85 bits per heavy atom. The molecular weight excluding hydrogens is 166 g/mol. The van der Waals surface area contributed by atoms with E-state index < -0.39 is 0 Å². The molecule has 1 saturated heterocycles. The molecule has 0 saturated carbocycles. The van der Waals surface area contributed by atoms with Gasteiger partial charge in [0.05, 0.1) is 6.54 Å². The SMILES string of the molecule is CC(=O)N(N)C[C@H]1CCCCN1C. The summed E-state index contributed by atoms with van der Waals surface area (Å²) in [5.41, 5.74) is 0. The molecule has 0 aromatic heterocycles. The Morgan fingerprint density at radius 1 is 1.62 bits per heavy atom. The van der Waals surface area contributed by atoms with E-state index in [1.807, 2.05) is 0 Å². The van der Waals surface area contributed by atoms with E-state index in [0.717, 1.165) is 13.0 Å². The van der Waals surface area contributed by atoms with Crippen LogP contribution in [0.5, 0.6) is 0 Å². The summed E-state index contributed by atoms with van der Waals surface area (Å²) in [5, 5.41) is 1.31. The Hall–Kier alpha value is -0.610. The molecule has 1 heterocycles. The second-order valence-corrected chi connectivity index (χ2v) is 3.80. The van der Waals surface area contributed by atoms with Crippen molar-refractivity contribution in [1.29, 1.82) is 0 Å². The molecule has 13 heavy (non-hydrogen) atoms. The van der Waals surface area contributed by atoms with Gasteiger partial charge in [0, 0.05) is 13.0 Å². The van der Waals surface area contributed by atoms with Crippen molar-refractivity contribution in [1.82, 2.24) is 9.91 Å². The summed E-state index contributed by atoms with van der Waals surface area (Å²) < 4.78 is 0. The zero-order valence-corrected chi connectivity index (χ0v) is 8.49. The molecule has 1 fully saturated rings. The maximum absolute atomic E-state index is 10.9. The van der Waals surface area contributed by atoms with Gasteiger partial charge in [-0.25, -0.2) is 5.84 Å². The lowest BCUT2D eigenvalue weighted by atomic mass is 10.0. The maximum Gasteiger partial charge on any atom is 0.233 e. The largest absolute Gasteiger partial charge is 0.302 e. The van der Waals surface area contributed by atoms with Crippen molar-refractivity contribution in [3.8, 4) is 0 Å². The van der Waals surface area contributed by atoms with Crippen LogP contribution in [0, 0.1) is 0 Å². The van der Waals surface area contributed by atoms with Crippen molar-refractivity contribution >= 4 is 5.91 Å². The summed E-state index contributed by atoms with van der Waals surface area (Å²) in [4.78, 5) is 13.2. The Morgan fingerprint density at radius 2 is 2.31 bits per heavy atom. The number of piperidine rings is 1. The van der Waals surface area contributed by atoms with Gasteiger partial charge in [0.25, 0.3) is 0 Å². The van der Waals surface area contributed by atoms with Gasteiger partial charge in [-0.15, -0.1) is 0 Å². The first-order chi connectivity index (χ1) is 6.11. The molecule has 76 valence electrons. The van der Waals surface area contributed by atoms with Crippen LogP contribution in [-0.2, 0) is 4.79 Å². The van der Waals surface area contributed by atoms with Gasteiger partial charge in [0.1, 0.15) is 0 Å². The second-order valence-electron chi connectivity index (χ2n) is 3.80. The van der Waals surface area contributed by atoms with Crippen molar-refractivity contribution < 1.29 is 4.79 Å². The second kappa shape index (κ2) is 4.58. The van der Waals surface area contributed by atoms with Crippen molar-refractivity contribution in [2.24, 2.45) is 5.84 Å². The third kappa shape index (κ3) is 2.97. The van der Waals surface area contributed by atoms with E-state index in [9.17, 15) is 4.79 Å². The zero-order valence-electron chi connectivity index (χ0n) is 8.49. The Bertz CT molecular complexity index is 184. The third-order valence-electron chi connectivity index (χ3n) is 2.73. The summed E-state index contributed by atoms with van der Waals surface area (Å²) in [6.45, 7) is 3.28. The van der Waals surface area contributed by atoms with Crippen LogP contribution in [0.1, 0.15) is 26.2 Å². The third-order valence-corrected chi connectivity index (χ3v) is 2.73. The lowest BCUT2D eigenvalue weighted by Gasteiger charge is -2.34. The number of nitrogens with zero attached hydrogens (tertiary/aromatic N) is 2. The van der Waals surface area contributed by atoms with Crippen LogP contribution in [0.3, 0.4) is 0 Å². The summed E-state index contributed by atoms with van der Waals surface area (Å²) in [5.74, 6) is 5.51. The fourth-order valence-electron chi connectivity index (χ4n) is 1.73. The highest BCUT2D eigenvalue weighted by Crippen LogP contribution is 2.15. The minimum atomic E-state index is -0.0565. The number of hydrogen-bond donors (Lipinski definition) is 1. The number of hydrogen-bond acceptors (Lipinski definition) is 3. The molecule has 4 heteroatoms. The van der Waals surface area contributed by atoms with E-state index in [1.165, 1.54) is 24.8 Å². The van der Waals surface area contributed by atoms with Crippen LogP contribution >= 0.6 is 0 Å². The van der Waals surface area contributed by atoms with Gasteiger partial charge < -0.3 is 4.90 Å². The molecule has 0 aromatic carbocycles. The first-order valence-corrected chi connectivity index (χ1v) is 4.84. The van der Waals surface area contributed by atoms with E-state index in [2.05, 4.69) is 11.9 Å². The number of likely N-dealkylation sites (N-methyl/N-ethyl adjacent to an activating group) is 1. The average Bonchev–Trinajstić information content (AvgIpc) is 2.08. The molecular formula is C9H19N3O. The molecule has 0 aliphatic carbocycles. The fraction of sp³-hybridized carbons (Fsp3) is 0.889. The monoisotopic (exact) mass is 185 g/mol. The summed E-state index contributed by atoms with van der Waals surface area (Å²) >= 11 is 0. The molecule has 1 aliphatic rings. The number of amides is 1. The van der Waals surface area contributed by atoms with Crippen LogP contribution in [0.4, 0.5) is 0 Å². The molecule has 0 radical (unpaired) electrons. The predicted molar refractivity (Wildman–Crippen MR) is 51.8 cm³/mol. The number of hydrazine groups is 1. The molecule has 2 N–H and O–H groups in total. The Balaban J connectivity index is 2.37. The zero-order chi connectivity index (χ0) is 9.84. The number of rotatable bonds is 2. The predicted octanol–water partition coefficient (Wildman–Crippen LogP) is 0.193. The molecule has 0 bridgehead atoms. The lowest BCUT2D eigenvalue weighted by Crippen LogP contribution is -2.48. The molecule has 4 nitrogen and oxygen atoms in total. The van der Waals surface area contributed by atoms with Gasteiger partial charge in [-0.2, -0.15) is 0 Å². The van der Waals surface area contributed by atoms with Crippen LogP contribution in [-0.4, -0.2) is 42.0 Å². The highest BCUT2D eigenvalue weighted by atomic mass is 16.2. The Labute approximate surface area is 79.6 Å². The number of likely N-dealkylation sites (tertiary alicyclic amines) is 1. The van der Waals surface area contributed by atoms with Crippen LogP contribution < -0.4 is 5.84 Å². The van der Waals surface area contributed by atoms with E-state index in [0.29, 0.717) is 12.6 Å². The highest BCUT2D eigenvalue weighted by molar-refractivity contribution is 5.72. The topological polar surface area (TPSA) is 49.6 Å². The van der Waals surface area contributed by atoms with E-state index in [-0.39, 0.29) is 5.91 Å². The van der Waals surface area contributed by atoms with E-state index in [1.54, 1.807) is 0 Å². The maximum atomic E-state index is 10.9. The quantitative estimate of drug-likeness (QED) is 0.379. The van der Waals surface area contributed by atoms with Crippen molar-refractivity contribution in [3.05, 3.63) is 0 Å². The van der Waals surface area contributed by atoms with Crippen molar-refractivity contribution in [3.63, 3.8) is 0 Å². The Kier molecular flexibility index (Phi) is 3.69. The first kappa shape index (κ1) is 10.5. The van der Waals surface area contributed by atoms with Crippen LogP contribution in [0.2, 0.25) is 0 Å². The van der Waals surface area contributed by atoms with Gasteiger partial charge in [0.2, 0.25) is 5.91 Å². The number of nitrogens with two attached hydrogens (primary N) is 1. The minimum absolute atomic E-state index is 0.0565. The smallest absolute Gasteiger partial charge is 0.233 e. The van der Waals surface area contributed by atoms with Crippen molar-refractivity contribution in [2.45, 2.75) is 32.2 Å².